The first kappa shape index (κ1) is 18.5. The smallest absolute Gasteiger partial charge is 0.236 e. The quantitative estimate of drug-likeness (QED) is 0.665. The molecule has 0 aliphatic carbocycles. The molecule has 6 nitrogen and oxygen atoms in total. The highest BCUT2D eigenvalue weighted by Crippen LogP contribution is 2.36. The maximum atomic E-state index is 13.0. The summed E-state index contributed by atoms with van der Waals surface area (Å²) in [5.41, 5.74) is 1.07. The first-order valence-corrected chi connectivity index (χ1v) is 11.1. The molecule has 2 aliphatic rings. The molecule has 0 saturated carbocycles. The minimum absolute atomic E-state index is 0.235. The number of aromatic nitrogens is 2. The van der Waals surface area contributed by atoms with Crippen LogP contribution in [0.4, 0.5) is 5.82 Å². The van der Waals surface area contributed by atoms with Crippen LogP contribution in [0.3, 0.4) is 0 Å². The van der Waals surface area contributed by atoms with Crippen molar-refractivity contribution in [1.82, 2.24) is 19.8 Å². The Morgan fingerprint density at radius 3 is 2.66 bits per heavy atom. The van der Waals surface area contributed by atoms with E-state index in [2.05, 4.69) is 33.0 Å². The van der Waals surface area contributed by atoms with Gasteiger partial charge in [0.1, 0.15) is 10.8 Å². The molecule has 7 heteroatoms. The lowest BCUT2D eigenvalue weighted by atomic mass is 10.2. The lowest BCUT2D eigenvalue weighted by Crippen LogP contribution is -2.51. The summed E-state index contributed by atoms with van der Waals surface area (Å²) in [6.07, 6.45) is 4.03. The van der Waals surface area contributed by atoms with E-state index in [9.17, 15) is 4.79 Å². The van der Waals surface area contributed by atoms with Gasteiger partial charge in [0, 0.05) is 32.4 Å². The van der Waals surface area contributed by atoms with Crippen LogP contribution < -0.4 is 4.90 Å². The summed E-state index contributed by atoms with van der Waals surface area (Å²) in [4.78, 5) is 28.8. The molecule has 0 radical (unpaired) electrons. The van der Waals surface area contributed by atoms with E-state index in [0.717, 1.165) is 61.9 Å². The van der Waals surface area contributed by atoms with Gasteiger partial charge in [-0.25, -0.2) is 9.97 Å². The van der Waals surface area contributed by atoms with Gasteiger partial charge in [-0.3, -0.25) is 9.69 Å². The van der Waals surface area contributed by atoms with Gasteiger partial charge in [0.25, 0.3) is 0 Å². The van der Waals surface area contributed by atoms with Crippen LogP contribution in [0.25, 0.3) is 10.2 Å². The van der Waals surface area contributed by atoms with Crippen LogP contribution >= 0.6 is 11.3 Å². The monoisotopic (exact) mass is 407 g/mol. The van der Waals surface area contributed by atoms with E-state index in [1.54, 1.807) is 11.3 Å². The first-order valence-electron chi connectivity index (χ1n) is 10.3. The second-order valence-corrected chi connectivity index (χ2v) is 8.77. The van der Waals surface area contributed by atoms with Crippen LogP contribution in [-0.4, -0.2) is 64.9 Å². The summed E-state index contributed by atoms with van der Waals surface area (Å²) >= 11 is 1.77. The second-order valence-electron chi connectivity index (χ2n) is 7.70. The summed E-state index contributed by atoms with van der Waals surface area (Å²) in [7, 11) is 0. The van der Waals surface area contributed by atoms with E-state index in [-0.39, 0.29) is 11.9 Å². The summed E-state index contributed by atoms with van der Waals surface area (Å²) in [6.45, 7) is 4.66. The average molecular weight is 408 g/mol. The third-order valence-corrected chi connectivity index (χ3v) is 7.04. The number of anilines is 1. The highest BCUT2D eigenvalue weighted by atomic mass is 32.1. The predicted molar refractivity (Wildman–Crippen MR) is 116 cm³/mol. The van der Waals surface area contributed by atoms with Gasteiger partial charge in [0.05, 0.1) is 22.8 Å². The van der Waals surface area contributed by atoms with Gasteiger partial charge in [0.15, 0.2) is 0 Å². The van der Waals surface area contributed by atoms with Crippen molar-refractivity contribution >= 4 is 33.3 Å². The average Bonchev–Trinajstić information content (AvgIpc) is 3.41. The largest absolute Gasteiger partial charge is 0.353 e. The van der Waals surface area contributed by atoms with Gasteiger partial charge in [-0.05, 0) is 43.7 Å². The summed E-state index contributed by atoms with van der Waals surface area (Å²) in [5, 5.41) is 1.15. The zero-order valence-electron chi connectivity index (χ0n) is 16.4. The molecule has 2 aliphatic heterocycles. The molecule has 0 spiro atoms. The number of rotatable bonds is 4. The van der Waals surface area contributed by atoms with Crippen molar-refractivity contribution < 1.29 is 4.79 Å². The maximum Gasteiger partial charge on any atom is 0.236 e. The van der Waals surface area contributed by atoms with Crippen molar-refractivity contribution in [2.75, 3.05) is 44.2 Å². The summed E-state index contributed by atoms with van der Waals surface area (Å²) in [5.74, 6) is 1.23. The molecule has 0 N–H and O–H groups in total. The Kier molecular flexibility index (Phi) is 5.16. The molecule has 2 fully saturated rings. The van der Waals surface area contributed by atoms with E-state index in [4.69, 9.17) is 4.98 Å². The van der Waals surface area contributed by atoms with Crippen molar-refractivity contribution in [2.24, 2.45) is 0 Å². The van der Waals surface area contributed by atoms with Crippen LogP contribution in [0.1, 0.15) is 23.9 Å². The van der Waals surface area contributed by atoms with E-state index in [1.165, 1.54) is 4.70 Å². The molecule has 1 atom stereocenters. The number of fused-ring (bicyclic) bond motifs is 1. The molecule has 5 rings (SSSR count). The molecule has 2 saturated heterocycles. The lowest BCUT2D eigenvalue weighted by molar-refractivity contribution is -0.133. The summed E-state index contributed by atoms with van der Waals surface area (Å²) < 4.78 is 1.23. The Hall–Kier alpha value is -2.51. The summed E-state index contributed by atoms with van der Waals surface area (Å²) in [6, 6.07) is 14.5. The van der Waals surface area contributed by atoms with Crippen LogP contribution in [0.2, 0.25) is 0 Å². The second kappa shape index (κ2) is 8.08. The van der Waals surface area contributed by atoms with Gasteiger partial charge < -0.3 is 9.80 Å². The van der Waals surface area contributed by atoms with Crippen molar-refractivity contribution in [2.45, 2.75) is 18.9 Å². The number of nitrogens with zero attached hydrogens (tertiary/aromatic N) is 5. The molecule has 2 aromatic heterocycles. The number of carbonyl (C=O) groups is 1. The van der Waals surface area contributed by atoms with Crippen LogP contribution in [0.5, 0.6) is 0 Å². The Morgan fingerprint density at radius 2 is 1.86 bits per heavy atom. The maximum absolute atomic E-state index is 13.0. The highest BCUT2D eigenvalue weighted by molar-refractivity contribution is 7.18. The number of hydrogen-bond acceptors (Lipinski definition) is 6. The molecular formula is C22H25N5OS. The Balaban J connectivity index is 1.21. The van der Waals surface area contributed by atoms with E-state index in [1.807, 2.05) is 35.4 Å². The van der Waals surface area contributed by atoms with E-state index >= 15 is 0 Å². The minimum Gasteiger partial charge on any atom is -0.353 e. The molecular weight excluding hydrogens is 382 g/mol. The SMILES string of the molecule is O=C(CN1CCC[C@H]1c1nc2ccccc2s1)N1CCN(c2ccccn2)CC1. The number of carbonyl (C=O) groups excluding carboxylic acids is 1. The fourth-order valence-corrected chi connectivity index (χ4v) is 5.46. The van der Waals surface area contributed by atoms with Gasteiger partial charge in [0.2, 0.25) is 5.91 Å². The topological polar surface area (TPSA) is 52.6 Å². The number of piperazine rings is 1. The number of thiazole rings is 1. The number of likely N-dealkylation sites (tertiary alicyclic amines) is 1. The van der Waals surface area contributed by atoms with Gasteiger partial charge in [-0.1, -0.05) is 18.2 Å². The van der Waals surface area contributed by atoms with Crippen LogP contribution in [-0.2, 0) is 4.79 Å². The lowest BCUT2D eigenvalue weighted by Gasteiger charge is -2.36. The number of pyridine rings is 1. The molecule has 0 bridgehead atoms. The van der Waals surface area contributed by atoms with Gasteiger partial charge >= 0.3 is 0 Å². The van der Waals surface area contributed by atoms with Crippen molar-refractivity contribution in [3.63, 3.8) is 0 Å². The van der Waals surface area contributed by atoms with E-state index in [0.29, 0.717) is 6.54 Å². The Morgan fingerprint density at radius 1 is 1.03 bits per heavy atom. The van der Waals surface area contributed by atoms with E-state index < -0.39 is 0 Å². The predicted octanol–water partition coefficient (Wildman–Crippen LogP) is 3.18. The molecule has 150 valence electrons. The van der Waals surface area contributed by atoms with Crippen LogP contribution in [0.15, 0.2) is 48.7 Å². The normalized spacial score (nSPS) is 20.5. The van der Waals surface area contributed by atoms with Crippen molar-refractivity contribution in [3.05, 3.63) is 53.7 Å². The Bertz CT molecular complexity index is 950. The molecule has 1 amide bonds. The van der Waals surface area contributed by atoms with Gasteiger partial charge in [-0.2, -0.15) is 0 Å². The molecule has 29 heavy (non-hydrogen) atoms. The third-order valence-electron chi connectivity index (χ3n) is 5.90. The fraction of sp³-hybridized carbons (Fsp3) is 0.409. The standard InChI is InChI=1S/C22H25N5OS/c28-21(26-14-12-25(13-15-26)20-9-3-4-10-23-20)16-27-11-5-7-18(27)22-24-17-6-1-2-8-19(17)29-22/h1-4,6,8-10,18H,5,7,11-16H2/t18-/m0/s1. The molecule has 0 unspecified atom stereocenters. The zero-order chi connectivity index (χ0) is 19.6. The number of hydrogen-bond donors (Lipinski definition) is 0. The van der Waals surface area contributed by atoms with Crippen LogP contribution in [0, 0.1) is 0 Å². The number of para-hydroxylation sites is 1. The zero-order valence-corrected chi connectivity index (χ0v) is 17.2. The van der Waals surface area contributed by atoms with Crippen molar-refractivity contribution in [3.8, 4) is 0 Å². The Labute approximate surface area is 174 Å². The highest BCUT2D eigenvalue weighted by Gasteiger charge is 2.32. The molecule has 4 heterocycles. The third kappa shape index (κ3) is 3.84. The first-order chi connectivity index (χ1) is 14.3. The van der Waals surface area contributed by atoms with Crippen molar-refractivity contribution in [1.29, 1.82) is 0 Å². The fourth-order valence-electron chi connectivity index (χ4n) is 4.33. The minimum atomic E-state index is 0.235. The molecule has 3 aromatic rings. The molecule has 1 aromatic carbocycles. The number of amides is 1. The van der Waals surface area contributed by atoms with Gasteiger partial charge in [-0.15, -0.1) is 11.3 Å². The number of benzene rings is 1.